The average Bonchev–Trinajstić information content (AvgIpc) is 2.00. The van der Waals surface area contributed by atoms with Crippen LogP contribution in [0.2, 0.25) is 0 Å². The predicted molar refractivity (Wildman–Crippen MR) is 73.6 cm³/mol. The van der Waals surface area contributed by atoms with Gasteiger partial charge in [0.05, 0.1) is 0 Å². The van der Waals surface area contributed by atoms with Crippen molar-refractivity contribution in [2.24, 2.45) is 0 Å². The van der Waals surface area contributed by atoms with Gasteiger partial charge in [-0.2, -0.15) is 0 Å². The maximum absolute atomic E-state index is 2.75. The quantitative estimate of drug-likeness (QED) is 0.717. The maximum Gasteiger partial charge on any atom is -0.0167 e. The summed E-state index contributed by atoms with van der Waals surface area (Å²) in [6.07, 6.45) is 8.49. The molecule has 0 atom stereocenters. The molecule has 0 aromatic carbocycles. The van der Waals surface area contributed by atoms with Crippen LogP contribution in [0.25, 0.3) is 0 Å². The highest BCUT2D eigenvalue weighted by molar-refractivity contribution is 5.85. The molecule has 14 heavy (non-hydrogen) atoms. The van der Waals surface area contributed by atoms with Gasteiger partial charge in [-0.3, -0.25) is 0 Å². The van der Waals surface area contributed by atoms with Crippen LogP contribution in [0.3, 0.4) is 0 Å². The molecule has 0 aliphatic heterocycles. The Morgan fingerprint density at radius 3 is 1.07 bits per heavy atom. The van der Waals surface area contributed by atoms with E-state index < -0.39 is 0 Å². The Bertz CT molecular complexity index is 49.4. The molecule has 0 rings (SSSR count). The minimum Gasteiger partial charge on any atom is -0.344 e. The van der Waals surface area contributed by atoms with Crippen molar-refractivity contribution in [1.29, 1.82) is 0 Å². The summed E-state index contributed by atoms with van der Waals surface area (Å²) in [5, 5.41) is 2.75. The van der Waals surface area contributed by atoms with Crippen LogP contribution in [0, 0.1) is 0 Å². The van der Waals surface area contributed by atoms with Crippen LogP contribution in [0.15, 0.2) is 0 Å². The fraction of sp³-hybridized carbons (Fsp3) is 1.00. The summed E-state index contributed by atoms with van der Waals surface area (Å²) in [7, 11) is 3.75. The van der Waals surface area contributed by atoms with E-state index in [0.29, 0.717) is 0 Å². The van der Waals surface area contributed by atoms with Crippen LogP contribution < -0.4 is 11.5 Å². The SMILES string of the molecule is CCCCCCCC.CNC.Cl.Cl.N. The van der Waals surface area contributed by atoms with Gasteiger partial charge in [0.15, 0.2) is 0 Å². The van der Waals surface area contributed by atoms with E-state index in [1.54, 1.807) is 0 Å². The van der Waals surface area contributed by atoms with E-state index in [1.165, 1.54) is 38.5 Å². The summed E-state index contributed by atoms with van der Waals surface area (Å²) in [5.74, 6) is 0. The standard InChI is InChI=1S/C8H18.C2H7N.2ClH.H3N/c1-3-5-7-8-6-4-2;1-3-2;;;/h3-8H2,1-2H3;3H,1-2H3;2*1H;1H3. The van der Waals surface area contributed by atoms with Crippen molar-refractivity contribution in [3.63, 3.8) is 0 Å². The fourth-order valence-electron chi connectivity index (χ4n) is 0.854. The number of rotatable bonds is 5. The average molecular weight is 249 g/mol. The molecule has 0 fully saturated rings. The third-order valence-electron chi connectivity index (χ3n) is 1.46. The van der Waals surface area contributed by atoms with Crippen LogP contribution in [-0.4, -0.2) is 14.1 Å². The van der Waals surface area contributed by atoms with Crippen LogP contribution in [-0.2, 0) is 0 Å². The molecule has 0 heterocycles. The van der Waals surface area contributed by atoms with E-state index in [1.807, 2.05) is 14.1 Å². The molecule has 4 heteroatoms. The number of hydrogen-bond donors (Lipinski definition) is 2. The van der Waals surface area contributed by atoms with E-state index in [-0.39, 0.29) is 31.0 Å². The molecule has 0 aliphatic rings. The van der Waals surface area contributed by atoms with Gasteiger partial charge in [-0.05, 0) is 14.1 Å². The Morgan fingerprint density at radius 1 is 0.714 bits per heavy atom. The summed E-state index contributed by atoms with van der Waals surface area (Å²) in [5.41, 5.74) is 0. The molecule has 0 unspecified atom stereocenters. The number of hydrogen-bond acceptors (Lipinski definition) is 2. The molecular formula is C10H30Cl2N2. The van der Waals surface area contributed by atoms with Crippen LogP contribution >= 0.6 is 24.8 Å². The zero-order chi connectivity index (χ0) is 8.95. The molecule has 0 saturated heterocycles. The Kier molecular flexibility index (Phi) is 78.4. The highest BCUT2D eigenvalue weighted by Gasteiger charge is 1.83. The summed E-state index contributed by atoms with van der Waals surface area (Å²) in [6, 6.07) is 0. The third-order valence-corrected chi connectivity index (χ3v) is 1.46. The lowest BCUT2D eigenvalue weighted by Gasteiger charge is -1.93. The van der Waals surface area contributed by atoms with E-state index in [0.717, 1.165) is 0 Å². The van der Waals surface area contributed by atoms with Crippen molar-refractivity contribution in [2.75, 3.05) is 14.1 Å². The second kappa shape index (κ2) is 37.5. The van der Waals surface area contributed by atoms with E-state index in [2.05, 4.69) is 19.2 Å². The second-order valence-electron chi connectivity index (χ2n) is 2.91. The van der Waals surface area contributed by atoms with Crippen LogP contribution in [0.4, 0.5) is 0 Å². The fourth-order valence-corrected chi connectivity index (χ4v) is 0.854. The molecule has 0 radical (unpaired) electrons. The van der Waals surface area contributed by atoms with Crippen LogP contribution in [0.1, 0.15) is 52.4 Å². The molecule has 0 amide bonds. The predicted octanol–water partition coefficient (Wildman–Crippen LogP) is 4.21. The Hall–Kier alpha value is 0.500. The van der Waals surface area contributed by atoms with Crippen molar-refractivity contribution < 1.29 is 0 Å². The van der Waals surface area contributed by atoms with Gasteiger partial charge in [0, 0.05) is 0 Å². The zero-order valence-electron chi connectivity index (χ0n) is 10.3. The molecule has 94 valence electrons. The van der Waals surface area contributed by atoms with E-state index in [4.69, 9.17) is 0 Å². The van der Waals surface area contributed by atoms with Crippen molar-refractivity contribution >= 4 is 24.8 Å². The van der Waals surface area contributed by atoms with Gasteiger partial charge in [-0.1, -0.05) is 52.4 Å². The Morgan fingerprint density at radius 2 is 0.929 bits per heavy atom. The molecule has 0 aromatic heterocycles. The van der Waals surface area contributed by atoms with Gasteiger partial charge >= 0.3 is 0 Å². The minimum absolute atomic E-state index is 0. The third kappa shape index (κ3) is 54.6. The van der Waals surface area contributed by atoms with Gasteiger partial charge in [0.1, 0.15) is 0 Å². The highest BCUT2D eigenvalue weighted by Crippen LogP contribution is 2.03. The van der Waals surface area contributed by atoms with Gasteiger partial charge in [-0.15, -0.1) is 24.8 Å². The molecule has 0 spiro atoms. The first-order valence-corrected chi connectivity index (χ1v) is 4.91. The van der Waals surface area contributed by atoms with Gasteiger partial charge < -0.3 is 11.5 Å². The smallest absolute Gasteiger partial charge is 0.0167 e. The molecule has 4 N–H and O–H groups in total. The first-order chi connectivity index (χ1) is 5.33. The normalized spacial score (nSPS) is 6.86. The van der Waals surface area contributed by atoms with Crippen molar-refractivity contribution in [1.82, 2.24) is 11.5 Å². The topological polar surface area (TPSA) is 47.0 Å². The maximum atomic E-state index is 2.75. The summed E-state index contributed by atoms with van der Waals surface area (Å²) >= 11 is 0. The second-order valence-corrected chi connectivity index (χ2v) is 2.91. The number of halogens is 2. The Labute approximate surface area is 103 Å². The summed E-state index contributed by atoms with van der Waals surface area (Å²) < 4.78 is 0. The molecule has 0 saturated carbocycles. The lowest BCUT2D eigenvalue weighted by atomic mass is 10.1. The molecule has 2 nitrogen and oxygen atoms in total. The molecular weight excluding hydrogens is 219 g/mol. The van der Waals surface area contributed by atoms with E-state index in [9.17, 15) is 0 Å². The minimum atomic E-state index is 0. The summed E-state index contributed by atoms with van der Waals surface area (Å²) in [4.78, 5) is 0. The molecule has 0 aromatic rings. The van der Waals surface area contributed by atoms with Crippen LogP contribution in [0.5, 0.6) is 0 Å². The lowest BCUT2D eigenvalue weighted by Crippen LogP contribution is -1.89. The monoisotopic (exact) mass is 248 g/mol. The molecule has 0 aliphatic carbocycles. The number of unbranched alkanes of at least 4 members (excludes halogenated alkanes) is 5. The largest absolute Gasteiger partial charge is 0.344 e. The first-order valence-electron chi connectivity index (χ1n) is 4.91. The zero-order valence-corrected chi connectivity index (χ0v) is 11.9. The Balaban J connectivity index is -0.0000000405. The lowest BCUT2D eigenvalue weighted by molar-refractivity contribution is 0.624. The number of nitrogens with one attached hydrogen (secondary N) is 1. The molecule has 0 bridgehead atoms. The van der Waals surface area contributed by atoms with Gasteiger partial charge in [0.25, 0.3) is 0 Å². The summed E-state index contributed by atoms with van der Waals surface area (Å²) in [6.45, 7) is 4.51. The van der Waals surface area contributed by atoms with Crippen molar-refractivity contribution in [2.45, 2.75) is 52.4 Å². The van der Waals surface area contributed by atoms with Crippen molar-refractivity contribution in [3.8, 4) is 0 Å². The van der Waals surface area contributed by atoms with Crippen molar-refractivity contribution in [3.05, 3.63) is 0 Å². The van der Waals surface area contributed by atoms with Gasteiger partial charge in [-0.25, -0.2) is 0 Å². The first kappa shape index (κ1) is 29.3. The van der Waals surface area contributed by atoms with E-state index >= 15 is 0 Å². The van der Waals surface area contributed by atoms with Gasteiger partial charge in [0.2, 0.25) is 0 Å². The highest BCUT2D eigenvalue weighted by atomic mass is 35.5.